The predicted octanol–water partition coefficient (Wildman–Crippen LogP) is 4.22. The van der Waals surface area contributed by atoms with E-state index in [0.29, 0.717) is 15.6 Å². The van der Waals surface area contributed by atoms with Gasteiger partial charge in [-0.15, -0.1) is 10.2 Å². The molecule has 0 amide bonds. The van der Waals surface area contributed by atoms with Crippen LogP contribution in [-0.2, 0) is 10.0 Å². The van der Waals surface area contributed by atoms with E-state index in [9.17, 15) is 18.5 Å². The normalized spacial score (nSPS) is 11.3. The number of rotatable bonds is 5. The van der Waals surface area contributed by atoms with E-state index in [4.69, 9.17) is 23.2 Å². The van der Waals surface area contributed by atoms with E-state index in [2.05, 4.69) is 14.9 Å². The van der Waals surface area contributed by atoms with Crippen LogP contribution in [-0.4, -0.2) is 23.5 Å². The van der Waals surface area contributed by atoms with Gasteiger partial charge < -0.3 is 0 Å². The summed E-state index contributed by atoms with van der Waals surface area (Å²) in [6, 6.07) is 10.0. The molecule has 0 fully saturated rings. The van der Waals surface area contributed by atoms with Crippen molar-refractivity contribution >= 4 is 55.4 Å². The molecule has 8 nitrogen and oxygen atoms in total. The van der Waals surface area contributed by atoms with Crippen LogP contribution in [0.2, 0.25) is 10.0 Å². The Morgan fingerprint density at radius 2 is 1.81 bits per heavy atom. The highest BCUT2D eigenvalue weighted by molar-refractivity contribution is 7.93. The summed E-state index contributed by atoms with van der Waals surface area (Å²) < 4.78 is 27.2. The Morgan fingerprint density at radius 3 is 2.46 bits per heavy atom. The van der Waals surface area contributed by atoms with Crippen LogP contribution in [0.4, 0.5) is 10.8 Å². The van der Waals surface area contributed by atoms with Crippen LogP contribution in [0.1, 0.15) is 0 Å². The third-order valence-electron chi connectivity index (χ3n) is 3.17. The van der Waals surface area contributed by atoms with Gasteiger partial charge in [-0.05, 0) is 12.1 Å². The zero-order valence-electron chi connectivity index (χ0n) is 12.6. The van der Waals surface area contributed by atoms with E-state index in [-0.39, 0.29) is 20.7 Å². The van der Waals surface area contributed by atoms with Crippen molar-refractivity contribution in [1.29, 1.82) is 0 Å². The lowest BCUT2D eigenvalue weighted by molar-refractivity contribution is -0.384. The molecule has 0 spiro atoms. The molecule has 0 atom stereocenters. The summed E-state index contributed by atoms with van der Waals surface area (Å²) in [6.45, 7) is 0. The van der Waals surface area contributed by atoms with Gasteiger partial charge in [-0.2, -0.15) is 0 Å². The van der Waals surface area contributed by atoms with Crippen molar-refractivity contribution in [3.8, 4) is 10.6 Å². The van der Waals surface area contributed by atoms with Crippen molar-refractivity contribution in [2.75, 3.05) is 4.72 Å². The molecule has 0 aliphatic carbocycles. The molecule has 3 rings (SSSR count). The number of nitro benzene ring substituents is 1. The summed E-state index contributed by atoms with van der Waals surface area (Å²) in [6.07, 6.45) is 0. The van der Waals surface area contributed by atoms with E-state index in [1.54, 1.807) is 24.3 Å². The number of nitro groups is 1. The number of sulfonamides is 1. The van der Waals surface area contributed by atoms with Gasteiger partial charge in [0.1, 0.15) is 4.90 Å². The van der Waals surface area contributed by atoms with Crippen molar-refractivity contribution in [3.05, 3.63) is 62.6 Å². The van der Waals surface area contributed by atoms with Gasteiger partial charge in [-0.25, -0.2) is 8.42 Å². The van der Waals surface area contributed by atoms with Gasteiger partial charge in [0.25, 0.3) is 15.7 Å². The Labute approximate surface area is 161 Å². The van der Waals surface area contributed by atoms with Crippen LogP contribution in [0, 0.1) is 10.1 Å². The highest BCUT2D eigenvalue weighted by Crippen LogP contribution is 2.33. The lowest BCUT2D eigenvalue weighted by Crippen LogP contribution is -2.13. The smallest absolute Gasteiger partial charge is 0.258 e. The minimum absolute atomic E-state index is 0.00865. The van der Waals surface area contributed by atoms with Crippen molar-refractivity contribution < 1.29 is 13.3 Å². The van der Waals surface area contributed by atoms with Crippen molar-refractivity contribution in [2.45, 2.75) is 4.90 Å². The topological polar surface area (TPSA) is 115 Å². The van der Waals surface area contributed by atoms with Gasteiger partial charge in [-0.1, -0.05) is 52.7 Å². The monoisotopic (exact) mass is 430 g/mol. The maximum atomic E-state index is 12.5. The second-order valence-corrected chi connectivity index (χ2v) is 8.31. The average molecular weight is 431 g/mol. The number of nitrogens with one attached hydrogen (secondary N) is 1. The molecule has 0 unspecified atom stereocenters. The molecule has 0 aliphatic rings. The first-order chi connectivity index (χ1) is 12.3. The number of non-ortho nitro benzene ring substituents is 1. The van der Waals surface area contributed by atoms with E-state index >= 15 is 0 Å². The van der Waals surface area contributed by atoms with Crippen molar-refractivity contribution in [1.82, 2.24) is 10.2 Å². The fourth-order valence-corrected chi connectivity index (χ4v) is 4.83. The highest BCUT2D eigenvalue weighted by atomic mass is 35.5. The number of aromatic nitrogens is 2. The van der Waals surface area contributed by atoms with Crippen LogP contribution >= 0.6 is 34.5 Å². The fraction of sp³-hybridized carbons (Fsp3) is 0. The predicted molar refractivity (Wildman–Crippen MR) is 99.3 cm³/mol. The van der Waals surface area contributed by atoms with Gasteiger partial charge in [-0.3, -0.25) is 14.8 Å². The summed E-state index contributed by atoms with van der Waals surface area (Å²) in [5.41, 5.74) is 0.302. The fourth-order valence-electron chi connectivity index (χ4n) is 2.00. The summed E-state index contributed by atoms with van der Waals surface area (Å²) in [4.78, 5) is 9.75. The van der Waals surface area contributed by atoms with Gasteiger partial charge in [0.15, 0.2) is 5.01 Å². The summed E-state index contributed by atoms with van der Waals surface area (Å²) in [5.74, 6) is 0. The lowest BCUT2D eigenvalue weighted by atomic mass is 10.2. The van der Waals surface area contributed by atoms with Gasteiger partial charge in [0, 0.05) is 17.7 Å². The molecule has 3 aromatic rings. The molecule has 12 heteroatoms. The van der Waals surface area contributed by atoms with Gasteiger partial charge in [0.2, 0.25) is 5.13 Å². The Hall–Kier alpha value is -2.27. The first kappa shape index (κ1) is 18.5. The molecule has 134 valence electrons. The Balaban J connectivity index is 1.89. The largest absolute Gasteiger partial charge is 0.271 e. The molecule has 0 radical (unpaired) electrons. The maximum absolute atomic E-state index is 12.5. The number of nitrogens with zero attached hydrogens (tertiary/aromatic N) is 3. The number of hydrogen-bond acceptors (Lipinski definition) is 7. The third kappa shape index (κ3) is 3.78. The molecule has 0 saturated carbocycles. The first-order valence-corrected chi connectivity index (χ1v) is 9.88. The Kier molecular flexibility index (Phi) is 5.10. The first-order valence-electron chi connectivity index (χ1n) is 6.83. The number of anilines is 1. The van der Waals surface area contributed by atoms with Gasteiger partial charge in [0.05, 0.1) is 15.0 Å². The van der Waals surface area contributed by atoms with E-state index in [0.717, 1.165) is 29.5 Å². The summed E-state index contributed by atoms with van der Waals surface area (Å²) >= 11 is 12.9. The second-order valence-electron chi connectivity index (χ2n) is 4.87. The molecule has 0 aliphatic heterocycles. The number of hydrogen-bond donors (Lipinski definition) is 1. The molecule has 26 heavy (non-hydrogen) atoms. The molecular weight excluding hydrogens is 423 g/mol. The zero-order chi connectivity index (χ0) is 18.9. The zero-order valence-corrected chi connectivity index (χ0v) is 15.7. The van der Waals surface area contributed by atoms with E-state index in [1.165, 1.54) is 0 Å². The quantitative estimate of drug-likeness (QED) is 0.478. The average Bonchev–Trinajstić information content (AvgIpc) is 3.02. The SMILES string of the molecule is O=[N+]([O-])c1ccc(S(=O)(=O)Nc2nnc(-c3ccccc3Cl)s2)c(Cl)c1. The highest BCUT2D eigenvalue weighted by Gasteiger charge is 2.22. The lowest BCUT2D eigenvalue weighted by Gasteiger charge is -2.06. The molecule has 1 aromatic heterocycles. The Morgan fingerprint density at radius 1 is 1.08 bits per heavy atom. The van der Waals surface area contributed by atoms with Crippen molar-refractivity contribution in [2.24, 2.45) is 0 Å². The van der Waals surface area contributed by atoms with Crippen LogP contribution in [0.15, 0.2) is 47.4 Å². The van der Waals surface area contributed by atoms with Crippen LogP contribution in [0.5, 0.6) is 0 Å². The second kappa shape index (κ2) is 7.16. The summed E-state index contributed by atoms with van der Waals surface area (Å²) in [5, 5.41) is 19.1. The molecule has 2 aromatic carbocycles. The van der Waals surface area contributed by atoms with Crippen LogP contribution < -0.4 is 4.72 Å². The summed E-state index contributed by atoms with van der Waals surface area (Å²) in [7, 11) is -4.10. The minimum Gasteiger partial charge on any atom is -0.258 e. The number of benzene rings is 2. The third-order valence-corrected chi connectivity index (χ3v) is 6.32. The maximum Gasteiger partial charge on any atom is 0.271 e. The van der Waals surface area contributed by atoms with E-state index in [1.807, 2.05) is 0 Å². The number of halogens is 2. The molecular formula is C14H8Cl2N4O4S2. The molecule has 1 N–H and O–H groups in total. The van der Waals surface area contributed by atoms with Crippen molar-refractivity contribution in [3.63, 3.8) is 0 Å². The van der Waals surface area contributed by atoms with Crippen LogP contribution in [0.25, 0.3) is 10.6 Å². The van der Waals surface area contributed by atoms with Crippen LogP contribution in [0.3, 0.4) is 0 Å². The molecule has 0 bridgehead atoms. The standard InChI is InChI=1S/C14H8Cl2N4O4S2/c15-10-4-2-1-3-9(10)13-17-18-14(25-13)19-26(23,24)12-6-5-8(20(21)22)7-11(12)16/h1-7H,(H,18,19). The molecule has 0 saturated heterocycles. The van der Waals surface area contributed by atoms with E-state index < -0.39 is 14.9 Å². The molecule has 1 heterocycles. The Bertz CT molecular complexity index is 1100. The van der Waals surface area contributed by atoms with Gasteiger partial charge >= 0.3 is 0 Å². The minimum atomic E-state index is -4.10.